The average molecular weight is 227 g/mol. The van der Waals surface area contributed by atoms with Crippen LogP contribution in [0.1, 0.15) is 32.1 Å². The predicted octanol–water partition coefficient (Wildman–Crippen LogP) is 0.692. The Kier molecular flexibility index (Phi) is 3.82. The van der Waals surface area contributed by atoms with Crippen LogP contribution in [0.4, 0.5) is 0 Å². The highest BCUT2D eigenvalue weighted by Crippen LogP contribution is 2.28. The summed E-state index contributed by atoms with van der Waals surface area (Å²) in [5.41, 5.74) is -0.644. The lowest BCUT2D eigenvalue weighted by Gasteiger charge is -2.38. The van der Waals surface area contributed by atoms with Gasteiger partial charge in [0, 0.05) is 6.54 Å². The van der Waals surface area contributed by atoms with Gasteiger partial charge >= 0.3 is 0 Å². The van der Waals surface area contributed by atoms with Crippen LogP contribution in [-0.2, 0) is 9.53 Å². The first-order valence-corrected chi connectivity index (χ1v) is 6.24. The Morgan fingerprint density at radius 3 is 2.50 bits per heavy atom. The Morgan fingerprint density at radius 1 is 1.31 bits per heavy atom. The summed E-state index contributed by atoms with van der Waals surface area (Å²) in [6.07, 6.45) is 6.36. The van der Waals surface area contributed by atoms with Crippen molar-refractivity contribution in [3.63, 3.8) is 0 Å². The topological polar surface area (TPSA) is 58.6 Å². The number of carbonyl (C=O) groups is 1. The van der Waals surface area contributed by atoms with Crippen molar-refractivity contribution in [3.8, 4) is 0 Å². The van der Waals surface area contributed by atoms with Gasteiger partial charge in [0.2, 0.25) is 5.91 Å². The molecule has 4 heteroatoms. The van der Waals surface area contributed by atoms with Gasteiger partial charge in [-0.25, -0.2) is 0 Å². The molecule has 16 heavy (non-hydrogen) atoms. The normalized spacial score (nSPS) is 24.8. The average Bonchev–Trinajstić information content (AvgIpc) is 2.27. The second-order valence-electron chi connectivity index (χ2n) is 5.15. The first-order valence-electron chi connectivity index (χ1n) is 6.24. The van der Waals surface area contributed by atoms with E-state index >= 15 is 0 Å². The summed E-state index contributed by atoms with van der Waals surface area (Å²) < 4.78 is 5.02. The van der Waals surface area contributed by atoms with Gasteiger partial charge in [-0.2, -0.15) is 0 Å². The Bertz CT molecular complexity index is 239. The van der Waals surface area contributed by atoms with Gasteiger partial charge in [0.25, 0.3) is 0 Å². The van der Waals surface area contributed by atoms with Crippen molar-refractivity contribution in [2.24, 2.45) is 11.3 Å². The van der Waals surface area contributed by atoms with Crippen molar-refractivity contribution in [2.45, 2.75) is 32.1 Å². The molecule has 2 aliphatic rings. The Hall–Kier alpha value is -0.610. The molecule has 1 heterocycles. The number of hydrogen-bond donors (Lipinski definition) is 2. The number of ether oxygens (including phenoxy) is 1. The molecule has 4 nitrogen and oxygen atoms in total. The summed E-state index contributed by atoms with van der Waals surface area (Å²) in [6.45, 7) is 1.38. The van der Waals surface area contributed by atoms with Crippen molar-refractivity contribution in [3.05, 3.63) is 0 Å². The fraction of sp³-hybridized carbons (Fsp3) is 0.917. The van der Waals surface area contributed by atoms with Gasteiger partial charge in [0.05, 0.1) is 19.8 Å². The molecule has 1 amide bonds. The summed E-state index contributed by atoms with van der Waals surface area (Å²) in [6, 6.07) is 0. The molecule has 0 bridgehead atoms. The predicted molar refractivity (Wildman–Crippen MR) is 59.9 cm³/mol. The number of nitrogens with one attached hydrogen (secondary N) is 1. The number of aliphatic hydroxyl groups is 1. The lowest BCUT2D eigenvalue weighted by atomic mass is 9.85. The van der Waals surface area contributed by atoms with Gasteiger partial charge in [-0.05, 0) is 18.8 Å². The number of rotatable bonds is 4. The maximum Gasteiger partial charge on any atom is 0.233 e. The molecule has 0 spiro atoms. The zero-order chi connectivity index (χ0) is 11.4. The van der Waals surface area contributed by atoms with Crippen LogP contribution in [0.5, 0.6) is 0 Å². The van der Waals surface area contributed by atoms with E-state index in [1.165, 1.54) is 32.1 Å². The molecule has 0 unspecified atom stereocenters. The SMILES string of the molecule is O=C(NCC1CCCCC1)C1(CO)COC1. The number of amides is 1. The molecule has 0 aromatic rings. The summed E-state index contributed by atoms with van der Waals surface area (Å²) in [5.74, 6) is 0.598. The smallest absolute Gasteiger partial charge is 0.233 e. The van der Waals surface area contributed by atoms with Gasteiger partial charge in [0.15, 0.2) is 0 Å². The van der Waals surface area contributed by atoms with Gasteiger partial charge in [-0.3, -0.25) is 4.79 Å². The first-order chi connectivity index (χ1) is 7.77. The highest BCUT2D eigenvalue weighted by Gasteiger charge is 2.45. The summed E-state index contributed by atoms with van der Waals surface area (Å²) in [4.78, 5) is 11.9. The molecular weight excluding hydrogens is 206 g/mol. The van der Waals surface area contributed by atoms with Crippen LogP contribution in [0.2, 0.25) is 0 Å². The van der Waals surface area contributed by atoms with Crippen molar-refractivity contribution in [2.75, 3.05) is 26.4 Å². The zero-order valence-corrected chi connectivity index (χ0v) is 9.71. The minimum absolute atomic E-state index is 0.0353. The van der Waals surface area contributed by atoms with E-state index in [1.54, 1.807) is 0 Å². The fourth-order valence-electron chi connectivity index (χ4n) is 2.46. The third-order valence-electron chi connectivity index (χ3n) is 3.82. The lowest BCUT2D eigenvalue weighted by molar-refractivity contribution is -0.170. The quantitative estimate of drug-likeness (QED) is 0.743. The summed E-state index contributed by atoms with van der Waals surface area (Å²) in [5, 5.41) is 12.2. The Morgan fingerprint density at radius 2 is 2.00 bits per heavy atom. The molecule has 1 aliphatic heterocycles. The van der Waals surface area contributed by atoms with Crippen molar-refractivity contribution >= 4 is 5.91 Å². The minimum atomic E-state index is -0.644. The molecule has 1 aliphatic carbocycles. The number of hydrogen-bond acceptors (Lipinski definition) is 3. The highest BCUT2D eigenvalue weighted by atomic mass is 16.5. The van der Waals surface area contributed by atoms with Crippen LogP contribution in [0.3, 0.4) is 0 Å². The second-order valence-corrected chi connectivity index (χ2v) is 5.15. The molecule has 0 aromatic carbocycles. The van der Waals surface area contributed by atoms with E-state index in [9.17, 15) is 9.90 Å². The summed E-state index contributed by atoms with van der Waals surface area (Å²) in [7, 11) is 0. The molecule has 0 atom stereocenters. The molecule has 2 N–H and O–H groups in total. The van der Waals surface area contributed by atoms with E-state index in [2.05, 4.69) is 5.32 Å². The largest absolute Gasteiger partial charge is 0.395 e. The maximum absolute atomic E-state index is 11.9. The fourth-order valence-corrected chi connectivity index (χ4v) is 2.46. The van der Waals surface area contributed by atoms with E-state index < -0.39 is 5.41 Å². The van der Waals surface area contributed by atoms with Crippen LogP contribution in [0, 0.1) is 11.3 Å². The van der Waals surface area contributed by atoms with Gasteiger partial charge in [0.1, 0.15) is 5.41 Å². The highest BCUT2D eigenvalue weighted by molar-refractivity contribution is 5.83. The molecule has 0 aromatic heterocycles. The van der Waals surface area contributed by atoms with E-state index in [0.29, 0.717) is 19.1 Å². The molecule has 0 radical (unpaired) electrons. The van der Waals surface area contributed by atoms with Gasteiger partial charge in [-0.1, -0.05) is 19.3 Å². The third kappa shape index (κ3) is 2.38. The van der Waals surface area contributed by atoms with E-state index in [4.69, 9.17) is 4.74 Å². The van der Waals surface area contributed by atoms with E-state index in [0.717, 1.165) is 6.54 Å². The first kappa shape index (κ1) is 11.9. The van der Waals surface area contributed by atoms with Crippen LogP contribution >= 0.6 is 0 Å². The molecular formula is C12H21NO3. The van der Waals surface area contributed by atoms with Crippen molar-refractivity contribution in [1.29, 1.82) is 0 Å². The molecule has 2 fully saturated rings. The third-order valence-corrected chi connectivity index (χ3v) is 3.82. The van der Waals surface area contributed by atoms with Crippen LogP contribution < -0.4 is 5.32 Å². The molecule has 92 valence electrons. The maximum atomic E-state index is 11.9. The summed E-state index contributed by atoms with van der Waals surface area (Å²) >= 11 is 0. The van der Waals surface area contributed by atoms with Crippen molar-refractivity contribution < 1.29 is 14.6 Å². The monoisotopic (exact) mass is 227 g/mol. The molecule has 2 rings (SSSR count). The Balaban J connectivity index is 1.74. The van der Waals surface area contributed by atoms with Gasteiger partial charge in [-0.15, -0.1) is 0 Å². The molecule has 1 saturated heterocycles. The van der Waals surface area contributed by atoms with Crippen molar-refractivity contribution in [1.82, 2.24) is 5.32 Å². The Labute approximate surface area is 96.4 Å². The van der Waals surface area contributed by atoms with E-state index in [1.807, 2.05) is 0 Å². The minimum Gasteiger partial charge on any atom is -0.395 e. The van der Waals surface area contributed by atoms with Crippen LogP contribution in [0.25, 0.3) is 0 Å². The molecule has 1 saturated carbocycles. The van der Waals surface area contributed by atoms with E-state index in [-0.39, 0.29) is 12.5 Å². The second kappa shape index (κ2) is 5.15. The zero-order valence-electron chi connectivity index (χ0n) is 9.71. The standard InChI is InChI=1S/C12H21NO3/c14-7-12(8-16-9-12)11(15)13-6-10-4-2-1-3-5-10/h10,14H,1-9H2,(H,13,15). The van der Waals surface area contributed by atoms with Crippen LogP contribution in [-0.4, -0.2) is 37.4 Å². The lowest BCUT2D eigenvalue weighted by Crippen LogP contribution is -2.56. The number of aliphatic hydroxyl groups excluding tert-OH is 1. The van der Waals surface area contributed by atoms with Gasteiger partial charge < -0.3 is 15.2 Å². The van der Waals surface area contributed by atoms with Crippen LogP contribution in [0.15, 0.2) is 0 Å². The number of carbonyl (C=O) groups excluding carboxylic acids is 1.